The van der Waals surface area contributed by atoms with E-state index in [1.807, 2.05) is 4.90 Å². The molecule has 0 bridgehead atoms. The number of aliphatic hydroxyl groups is 1. The number of rotatable bonds is 5. The van der Waals surface area contributed by atoms with Gasteiger partial charge in [0.1, 0.15) is 5.82 Å². The Bertz CT molecular complexity index is 529. The molecule has 2 atom stereocenters. The summed E-state index contributed by atoms with van der Waals surface area (Å²) in [6.07, 6.45) is -0.617. The molecule has 0 amide bonds. The first-order valence-corrected chi connectivity index (χ1v) is 7.01. The quantitative estimate of drug-likeness (QED) is 0.850. The number of carboxylic acid groups (broad SMARTS) is 1. The van der Waals surface area contributed by atoms with Crippen LogP contribution in [0.2, 0.25) is 5.02 Å². The molecule has 1 saturated heterocycles. The van der Waals surface area contributed by atoms with Gasteiger partial charge in [-0.05, 0) is 24.7 Å². The number of carbonyl (C=O) groups is 1. The monoisotopic (exact) mass is 316 g/mol. The number of nitrogens with zero attached hydrogens (tertiary/aromatic N) is 2. The Morgan fingerprint density at radius 2 is 2.24 bits per heavy atom. The van der Waals surface area contributed by atoms with E-state index in [9.17, 15) is 14.3 Å². The van der Waals surface area contributed by atoms with Crippen molar-refractivity contribution in [3.05, 3.63) is 34.6 Å². The number of benzene rings is 1. The summed E-state index contributed by atoms with van der Waals surface area (Å²) in [5.74, 6) is -1.31. The van der Waals surface area contributed by atoms with Gasteiger partial charge in [-0.15, -0.1) is 0 Å². The fraction of sp³-hybridized carbons (Fsp3) is 0.500. The second kappa shape index (κ2) is 6.70. The fourth-order valence-corrected chi connectivity index (χ4v) is 2.86. The molecule has 5 nitrogen and oxygen atoms in total. The Morgan fingerprint density at radius 3 is 2.86 bits per heavy atom. The van der Waals surface area contributed by atoms with Gasteiger partial charge in [0.15, 0.2) is 0 Å². The highest BCUT2D eigenvalue weighted by Gasteiger charge is 2.34. The summed E-state index contributed by atoms with van der Waals surface area (Å²) in [6, 6.07) is 4.00. The lowest BCUT2D eigenvalue weighted by atomic mass is 10.2. The van der Waals surface area contributed by atoms with Crippen molar-refractivity contribution in [2.45, 2.75) is 18.7 Å². The number of halogens is 2. The van der Waals surface area contributed by atoms with Crippen molar-refractivity contribution in [1.82, 2.24) is 9.80 Å². The molecule has 7 heteroatoms. The third-order valence-electron chi connectivity index (χ3n) is 3.69. The molecular formula is C14H18ClFN2O3. The van der Waals surface area contributed by atoms with E-state index in [1.165, 1.54) is 12.1 Å². The molecule has 0 radical (unpaired) electrons. The number of likely N-dealkylation sites (tertiary alicyclic amines) is 1. The predicted octanol–water partition coefficient (Wildman–Crippen LogP) is 1.04. The molecule has 21 heavy (non-hydrogen) atoms. The van der Waals surface area contributed by atoms with Gasteiger partial charge in [0.2, 0.25) is 0 Å². The number of β-amino-alcohol motifs (C(OH)–C–C–N with tert-alkyl or cyclic N) is 1. The summed E-state index contributed by atoms with van der Waals surface area (Å²) >= 11 is 5.99. The lowest BCUT2D eigenvalue weighted by Gasteiger charge is -2.24. The van der Waals surface area contributed by atoms with Crippen molar-refractivity contribution in [3.8, 4) is 0 Å². The van der Waals surface area contributed by atoms with E-state index >= 15 is 0 Å². The SMILES string of the molecule is CN(CC(=O)O)[C@@H]1CN(Cc2ccc(F)cc2Cl)C[C@H]1O. The minimum absolute atomic E-state index is 0.118. The second-order valence-corrected chi connectivity index (χ2v) is 5.78. The normalized spacial score (nSPS) is 22.9. The first-order chi connectivity index (χ1) is 9.86. The van der Waals surface area contributed by atoms with Gasteiger partial charge < -0.3 is 10.2 Å². The third-order valence-corrected chi connectivity index (χ3v) is 4.05. The highest BCUT2D eigenvalue weighted by molar-refractivity contribution is 6.31. The van der Waals surface area contributed by atoms with E-state index in [0.29, 0.717) is 24.7 Å². The smallest absolute Gasteiger partial charge is 0.317 e. The minimum atomic E-state index is -0.926. The summed E-state index contributed by atoms with van der Waals surface area (Å²) in [5.41, 5.74) is 0.784. The molecule has 1 aromatic carbocycles. The molecule has 1 aliphatic heterocycles. The molecule has 2 N–H and O–H groups in total. The zero-order valence-electron chi connectivity index (χ0n) is 11.7. The average Bonchev–Trinajstić information content (AvgIpc) is 2.73. The molecular weight excluding hydrogens is 299 g/mol. The molecule has 1 aliphatic rings. The van der Waals surface area contributed by atoms with Crippen LogP contribution < -0.4 is 0 Å². The van der Waals surface area contributed by atoms with Crippen LogP contribution in [0.25, 0.3) is 0 Å². The van der Waals surface area contributed by atoms with Crippen molar-refractivity contribution in [3.63, 3.8) is 0 Å². The predicted molar refractivity (Wildman–Crippen MR) is 76.7 cm³/mol. The Labute approximate surface area is 127 Å². The Hall–Kier alpha value is -1.21. The Balaban J connectivity index is 1.99. The van der Waals surface area contributed by atoms with Gasteiger partial charge in [-0.3, -0.25) is 14.6 Å². The summed E-state index contributed by atoms with van der Waals surface area (Å²) < 4.78 is 13.0. The molecule has 0 saturated carbocycles. The first-order valence-electron chi connectivity index (χ1n) is 6.63. The van der Waals surface area contributed by atoms with Crippen LogP contribution in [-0.4, -0.2) is 64.8 Å². The molecule has 1 heterocycles. The van der Waals surface area contributed by atoms with Gasteiger partial charge in [-0.25, -0.2) is 4.39 Å². The van der Waals surface area contributed by atoms with E-state index in [-0.39, 0.29) is 18.4 Å². The molecule has 116 valence electrons. The number of hydrogen-bond donors (Lipinski definition) is 2. The lowest BCUT2D eigenvalue weighted by molar-refractivity contribution is -0.138. The Morgan fingerprint density at radius 1 is 1.52 bits per heavy atom. The van der Waals surface area contributed by atoms with Crippen LogP contribution in [-0.2, 0) is 11.3 Å². The van der Waals surface area contributed by atoms with Crippen LogP contribution in [0, 0.1) is 5.82 Å². The second-order valence-electron chi connectivity index (χ2n) is 5.37. The summed E-state index contributed by atoms with van der Waals surface area (Å²) in [6.45, 7) is 1.35. The fourth-order valence-electron chi connectivity index (χ4n) is 2.63. The number of likely N-dealkylation sites (N-methyl/N-ethyl adjacent to an activating group) is 1. The number of carboxylic acids is 1. The van der Waals surface area contributed by atoms with Crippen molar-refractivity contribution < 1.29 is 19.4 Å². The van der Waals surface area contributed by atoms with Gasteiger partial charge in [-0.2, -0.15) is 0 Å². The standard InChI is InChI=1S/C14H18ClFN2O3/c1-17(8-14(20)21)12-6-18(7-13(12)19)5-9-2-3-10(16)4-11(9)15/h2-4,12-13,19H,5-8H2,1H3,(H,20,21)/t12-,13-/m1/s1. The summed E-state index contributed by atoms with van der Waals surface area (Å²) in [7, 11) is 1.68. The maximum absolute atomic E-state index is 13.0. The molecule has 0 spiro atoms. The highest BCUT2D eigenvalue weighted by atomic mass is 35.5. The van der Waals surface area contributed by atoms with E-state index in [0.717, 1.165) is 5.56 Å². The maximum Gasteiger partial charge on any atom is 0.317 e. The molecule has 0 aliphatic carbocycles. The van der Waals surface area contributed by atoms with Crippen LogP contribution in [0.1, 0.15) is 5.56 Å². The number of aliphatic carboxylic acids is 1. The molecule has 2 rings (SSSR count). The highest BCUT2D eigenvalue weighted by Crippen LogP contribution is 2.22. The van der Waals surface area contributed by atoms with Crippen molar-refractivity contribution in [2.75, 3.05) is 26.7 Å². The van der Waals surface area contributed by atoms with Crippen molar-refractivity contribution >= 4 is 17.6 Å². The third kappa shape index (κ3) is 4.14. The van der Waals surface area contributed by atoms with Gasteiger partial charge in [-0.1, -0.05) is 17.7 Å². The van der Waals surface area contributed by atoms with Gasteiger partial charge in [0.25, 0.3) is 0 Å². The van der Waals surface area contributed by atoms with E-state index < -0.39 is 12.1 Å². The maximum atomic E-state index is 13.0. The van der Waals surface area contributed by atoms with Crippen LogP contribution in [0.4, 0.5) is 4.39 Å². The average molecular weight is 317 g/mol. The van der Waals surface area contributed by atoms with E-state index in [1.54, 1.807) is 18.0 Å². The summed E-state index contributed by atoms with van der Waals surface area (Å²) in [4.78, 5) is 14.3. The van der Waals surface area contributed by atoms with Gasteiger partial charge in [0.05, 0.1) is 12.6 Å². The van der Waals surface area contributed by atoms with Crippen molar-refractivity contribution in [1.29, 1.82) is 0 Å². The van der Waals surface area contributed by atoms with Gasteiger partial charge in [0, 0.05) is 30.7 Å². The number of hydrogen-bond acceptors (Lipinski definition) is 4. The zero-order valence-corrected chi connectivity index (χ0v) is 12.4. The lowest BCUT2D eigenvalue weighted by Crippen LogP contribution is -2.43. The molecule has 1 fully saturated rings. The van der Waals surface area contributed by atoms with Crippen molar-refractivity contribution in [2.24, 2.45) is 0 Å². The Kier molecular flexibility index (Phi) is 5.16. The molecule has 1 aromatic rings. The van der Waals surface area contributed by atoms with Crippen LogP contribution in [0.3, 0.4) is 0 Å². The van der Waals surface area contributed by atoms with Gasteiger partial charge >= 0.3 is 5.97 Å². The van der Waals surface area contributed by atoms with E-state index in [4.69, 9.17) is 16.7 Å². The topological polar surface area (TPSA) is 64.0 Å². The molecule has 0 aromatic heterocycles. The molecule has 0 unspecified atom stereocenters. The van der Waals surface area contributed by atoms with Crippen LogP contribution >= 0.6 is 11.6 Å². The zero-order chi connectivity index (χ0) is 15.6. The summed E-state index contributed by atoms with van der Waals surface area (Å²) in [5, 5.41) is 19.2. The van der Waals surface area contributed by atoms with Crippen LogP contribution in [0.5, 0.6) is 0 Å². The largest absolute Gasteiger partial charge is 0.480 e. The minimum Gasteiger partial charge on any atom is -0.480 e. The number of aliphatic hydroxyl groups excluding tert-OH is 1. The van der Waals surface area contributed by atoms with Crippen LogP contribution in [0.15, 0.2) is 18.2 Å². The van der Waals surface area contributed by atoms with E-state index in [2.05, 4.69) is 0 Å². The first kappa shape index (κ1) is 16.2.